The molecule has 0 saturated heterocycles. The lowest BCUT2D eigenvalue weighted by Gasteiger charge is -2.18. The molecule has 0 spiro atoms. The van der Waals surface area contributed by atoms with E-state index in [-0.39, 0.29) is 17.9 Å². The summed E-state index contributed by atoms with van der Waals surface area (Å²) in [5, 5.41) is 6.06. The molecule has 1 fully saturated rings. The minimum atomic E-state index is -0.236. The first-order chi connectivity index (χ1) is 15.1. The monoisotopic (exact) mass is 454 g/mol. The van der Waals surface area contributed by atoms with E-state index in [9.17, 15) is 9.59 Å². The summed E-state index contributed by atoms with van der Waals surface area (Å²) in [4.78, 5) is 26.4. The number of fused-ring (bicyclic) bond motifs is 1. The second kappa shape index (κ2) is 8.24. The van der Waals surface area contributed by atoms with Crippen LogP contribution in [0.25, 0.3) is 10.4 Å². The molecule has 0 radical (unpaired) electrons. The number of halogens is 1. The number of rotatable bonds is 5. The van der Waals surface area contributed by atoms with Crippen LogP contribution < -0.4 is 20.1 Å². The van der Waals surface area contributed by atoms with Crippen molar-refractivity contribution in [1.82, 2.24) is 5.32 Å². The molecule has 3 aromatic rings. The fraction of sp³-hybridized carbons (Fsp3) is 0.217. The average Bonchev–Trinajstić information content (AvgIpc) is 3.44. The van der Waals surface area contributed by atoms with Gasteiger partial charge in [0.25, 0.3) is 11.8 Å². The van der Waals surface area contributed by atoms with Gasteiger partial charge < -0.3 is 20.1 Å². The van der Waals surface area contributed by atoms with Crippen LogP contribution in [-0.2, 0) is 0 Å². The lowest BCUT2D eigenvalue weighted by Crippen LogP contribution is -2.25. The fourth-order valence-electron chi connectivity index (χ4n) is 3.27. The Balaban J connectivity index is 1.28. The number of carbonyl (C=O) groups is 2. The molecule has 1 aliphatic heterocycles. The summed E-state index contributed by atoms with van der Waals surface area (Å²) in [6.07, 6.45) is 2.01. The van der Waals surface area contributed by atoms with Crippen LogP contribution in [0.4, 0.5) is 5.69 Å². The van der Waals surface area contributed by atoms with Crippen molar-refractivity contribution in [2.75, 3.05) is 18.5 Å². The number of ether oxygens (including phenoxy) is 2. The third-order valence-corrected chi connectivity index (χ3v) is 6.49. The molecule has 2 aliphatic rings. The van der Waals surface area contributed by atoms with Gasteiger partial charge in [-0.3, -0.25) is 9.59 Å². The number of hydrogen-bond donors (Lipinski definition) is 2. The molecule has 6 nitrogen and oxygen atoms in total. The highest BCUT2D eigenvalue weighted by Crippen LogP contribution is 2.37. The maximum atomic E-state index is 12.7. The average molecular weight is 455 g/mol. The summed E-state index contributed by atoms with van der Waals surface area (Å²) < 4.78 is 11.2. The zero-order valence-corrected chi connectivity index (χ0v) is 18.0. The summed E-state index contributed by atoms with van der Waals surface area (Å²) >= 11 is 7.65. The van der Waals surface area contributed by atoms with Crippen LogP contribution in [0.15, 0.2) is 48.5 Å². The van der Waals surface area contributed by atoms with Gasteiger partial charge in [0.15, 0.2) is 11.5 Å². The zero-order valence-electron chi connectivity index (χ0n) is 16.4. The Labute approximate surface area is 188 Å². The molecule has 1 aliphatic carbocycles. The lowest BCUT2D eigenvalue weighted by atomic mass is 10.1. The number of benzene rings is 2. The van der Waals surface area contributed by atoms with Crippen LogP contribution in [0.3, 0.4) is 0 Å². The summed E-state index contributed by atoms with van der Waals surface area (Å²) in [7, 11) is 0. The first kappa shape index (κ1) is 19.9. The minimum Gasteiger partial charge on any atom is -0.486 e. The summed E-state index contributed by atoms with van der Waals surface area (Å²) in [5.41, 5.74) is 1.90. The molecule has 158 valence electrons. The van der Waals surface area contributed by atoms with E-state index in [1.54, 1.807) is 24.3 Å². The van der Waals surface area contributed by atoms with E-state index in [4.69, 9.17) is 21.1 Å². The Bertz CT molecular complexity index is 1170. The number of anilines is 1. The van der Waals surface area contributed by atoms with Crippen LogP contribution in [0.1, 0.15) is 32.9 Å². The van der Waals surface area contributed by atoms with Gasteiger partial charge in [-0.1, -0.05) is 11.6 Å². The molecule has 5 rings (SSSR count). The van der Waals surface area contributed by atoms with Crippen LogP contribution in [-0.4, -0.2) is 31.1 Å². The van der Waals surface area contributed by atoms with Gasteiger partial charge in [0, 0.05) is 16.6 Å². The zero-order chi connectivity index (χ0) is 21.4. The van der Waals surface area contributed by atoms with E-state index >= 15 is 0 Å². The number of carbonyl (C=O) groups excluding carboxylic acids is 2. The van der Waals surface area contributed by atoms with Crippen molar-refractivity contribution in [3.8, 4) is 21.9 Å². The quantitative estimate of drug-likeness (QED) is 0.569. The molecule has 31 heavy (non-hydrogen) atoms. The summed E-state index contributed by atoms with van der Waals surface area (Å²) in [6, 6.07) is 14.6. The summed E-state index contributed by atoms with van der Waals surface area (Å²) in [5.74, 6) is 1.02. The molecule has 2 aromatic carbocycles. The van der Waals surface area contributed by atoms with Gasteiger partial charge >= 0.3 is 0 Å². The van der Waals surface area contributed by atoms with Crippen molar-refractivity contribution in [2.24, 2.45) is 0 Å². The molecule has 8 heteroatoms. The summed E-state index contributed by atoms with van der Waals surface area (Å²) in [6.45, 7) is 1.07. The molecule has 0 unspecified atom stereocenters. The van der Waals surface area contributed by atoms with Crippen molar-refractivity contribution in [1.29, 1.82) is 0 Å². The second-order valence-corrected chi connectivity index (χ2v) is 8.91. The van der Waals surface area contributed by atoms with Crippen LogP contribution in [0.5, 0.6) is 11.5 Å². The van der Waals surface area contributed by atoms with Crippen molar-refractivity contribution >= 4 is 40.4 Å². The minimum absolute atomic E-state index is 0.187. The Morgan fingerprint density at radius 2 is 1.74 bits per heavy atom. The molecule has 0 bridgehead atoms. The Kier molecular flexibility index (Phi) is 5.29. The fourth-order valence-corrected chi connectivity index (χ4v) is 4.44. The standard InChI is InChI=1S/C23H19ClN2O4S/c24-17-12-15(4-5-16(17)22(27)25-14-2-3-14)26-23(28)21-8-7-20(31-21)13-1-6-18-19(11-13)30-10-9-29-18/h1,4-8,11-12,14H,2-3,9-10H2,(H,25,27)(H,26,28). The third-order valence-electron chi connectivity index (χ3n) is 5.04. The highest BCUT2D eigenvalue weighted by Gasteiger charge is 2.25. The molecular formula is C23H19ClN2O4S. The number of thiophene rings is 1. The van der Waals surface area contributed by atoms with Crippen molar-refractivity contribution in [3.05, 3.63) is 64.0 Å². The van der Waals surface area contributed by atoms with Crippen LogP contribution >= 0.6 is 22.9 Å². The number of nitrogens with one attached hydrogen (secondary N) is 2. The third kappa shape index (κ3) is 4.38. The van der Waals surface area contributed by atoms with Gasteiger partial charge in [-0.05, 0) is 66.9 Å². The van der Waals surface area contributed by atoms with E-state index in [1.165, 1.54) is 11.3 Å². The molecule has 1 saturated carbocycles. The lowest BCUT2D eigenvalue weighted by molar-refractivity contribution is 0.0950. The van der Waals surface area contributed by atoms with Crippen molar-refractivity contribution < 1.29 is 19.1 Å². The topological polar surface area (TPSA) is 76.7 Å². The Morgan fingerprint density at radius 1 is 0.935 bits per heavy atom. The Hall–Kier alpha value is -3.03. The van der Waals surface area contributed by atoms with Gasteiger partial charge in [-0.15, -0.1) is 11.3 Å². The first-order valence-corrected chi connectivity index (χ1v) is 11.2. The normalized spacial score (nSPS) is 14.7. The molecule has 2 N–H and O–H groups in total. The molecule has 2 heterocycles. The van der Waals surface area contributed by atoms with E-state index in [1.807, 2.05) is 24.3 Å². The van der Waals surface area contributed by atoms with E-state index in [0.717, 1.165) is 29.0 Å². The first-order valence-electron chi connectivity index (χ1n) is 9.98. The molecular weight excluding hydrogens is 436 g/mol. The highest BCUT2D eigenvalue weighted by atomic mass is 35.5. The number of amides is 2. The van der Waals surface area contributed by atoms with Gasteiger partial charge in [-0.2, -0.15) is 0 Å². The highest BCUT2D eigenvalue weighted by molar-refractivity contribution is 7.17. The van der Waals surface area contributed by atoms with Gasteiger partial charge in [-0.25, -0.2) is 0 Å². The predicted molar refractivity (Wildman–Crippen MR) is 121 cm³/mol. The maximum Gasteiger partial charge on any atom is 0.265 e. The van der Waals surface area contributed by atoms with Gasteiger partial charge in [0.05, 0.1) is 15.5 Å². The van der Waals surface area contributed by atoms with Gasteiger partial charge in [0.2, 0.25) is 0 Å². The van der Waals surface area contributed by atoms with E-state index in [0.29, 0.717) is 40.1 Å². The van der Waals surface area contributed by atoms with Crippen molar-refractivity contribution in [3.63, 3.8) is 0 Å². The largest absolute Gasteiger partial charge is 0.486 e. The van der Waals surface area contributed by atoms with Crippen LogP contribution in [0, 0.1) is 0 Å². The Morgan fingerprint density at radius 3 is 2.52 bits per heavy atom. The maximum absolute atomic E-state index is 12.7. The van der Waals surface area contributed by atoms with E-state index < -0.39 is 0 Å². The molecule has 1 aromatic heterocycles. The molecule has 0 atom stereocenters. The van der Waals surface area contributed by atoms with E-state index in [2.05, 4.69) is 10.6 Å². The van der Waals surface area contributed by atoms with Crippen molar-refractivity contribution in [2.45, 2.75) is 18.9 Å². The van der Waals surface area contributed by atoms with Crippen LogP contribution in [0.2, 0.25) is 5.02 Å². The number of hydrogen-bond acceptors (Lipinski definition) is 5. The predicted octanol–water partition coefficient (Wildman–Crippen LogP) is 4.98. The SMILES string of the molecule is O=C(Nc1ccc(C(=O)NC2CC2)c(Cl)c1)c1ccc(-c2ccc3c(c2)OCCO3)s1. The van der Waals surface area contributed by atoms with Gasteiger partial charge in [0.1, 0.15) is 13.2 Å². The second-order valence-electron chi connectivity index (χ2n) is 7.42. The smallest absolute Gasteiger partial charge is 0.265 e. The molecule has 2 amide bonds.